The van der Waals surface area contributed by atoms with Crippen molar-refractivity contribution in [1.29, 1.82) is 0 Å². The van der Waals surface area contributed by atoms with Crippen LogP contribution in [-0.4, -0.2) is 58.1 Å². The van der Waals surface area contributed by atoms with Crippen LogP contribution in [0.4, 0.5) is 5.69 Å². The van der Waals surface area contributed by atoms with Crippen LogP contribution in [0.1, 0.15) is 24.2 Å². The highest BCUT2D eigenvalue weighted by Crippen LogP contribution is 2.30. The quantitative estimate of drug-likeness (QED) is 0.687. The Kier molecular flexibility index (Phi) is 7.30. The van der Waals surface area contributed by atoms with Gasteiger partial charge in [-0.2, -0.15) is 4.31 Å². The van der Waals surface area contributed by atoms with Crippen LogP contribution in [0, 0.1) is 0 Å². The third-order valence-electron chi connectivity index (χ3n) is 4.52. The van der Waals surface area contributed by atoms with E-state index in [0.29, 0.717) is 43.4 Å². The number of ether oxygens (including phenoxy) is 3. The van der Waals surface area contributed by atoms with Gasteiger partial charge in [-0.15, -0.1) is 0 Å². The minimum Gasteiger partial charge on any atom is -0.494 e. The highest BCUT2D eigenvalue weighted by Gasteiger charge is 2.29. The third-order valence-corrected chi connectivity index (χ3v) is 6.44. The number of anilines is 1. The molecule has 1 aliphatic rings. The number of hydrogen-bond donors (Lipinski definition) is 1. The maximum absolute atomic E-state index is 13.2. The van der Waals surface area contributed by atoms with E-state index in [0.717, 1.165) is 0 Å². The van der Waals surface area contributed by atoms with Crippen molar-refractivity contribution in [3.05, 3.63) is 48.0 Å². The summed E-state index contributed by atoms with van der Waals surface area (Å²) in [6, 6.07) is 11.3. The molecule has 2 aromatic rings. The van der Waals surface area contributed by atoms with Crippen molar-refractivity contribution in [2.45, 2.75) is 18.7 Å². The summed E-state index contributed by atoms with van der Waals surface area (Å²) in [5.74, 6) is 0.578. The van der Waals surface area contributed by atoms with Crippen molar-refractivity contribution in [2.24, 2.45) is 0 Å². The molecule has 30 heavy (non-hydrogen) atoms. The molecule has 162 valence electrons. The van der Waals surface area contributed by atoms with E-state index in [1.807, 2.05) is 6.92 Å². The van der Waals surface area contributed by atoms with Crippen molar-refractivity contribution >= 4 is 21.6 Å². The van der Waals surface area contributed by atoms with Crippen LogP contribution in [0.25, 0.3) is 0 Å². The fourth-order valence-electron chi connectivity index (χ4n) is 3.06. The molecule has 1 fully saturated rings. The maximum atomic E-state index is 13.2. The Labute approximate surface area is 176 Å². The van der Waals surface area contributed by atoms with Gasteiger partial charge in [-0.3, -0.25) is 4.79 Å². The van der Waals surface area contributed by atoms with Gasteiger partial charge in [-0.05, 0) is 56.3 Å². The summed E-state index contributed by atoms with van der Waals surface area (Å²) in [5, 5.41) is 2.75. The second-order valence-electron chi connectivity index (χ2n) is 6.52. The molecule has 1 N–H and O–H groups in total. The van der Waals surface area contributed by atoms with Crippen LogP contribution in [0.3, 0.4) is 0 Å². The molecule has 2 aromatic carbocycles. The molecule has 1 heterocycles. The van der Waals surface area contributed by atoms with Crippen molar-refractivity contribution in [2.75, 3.05) is 44.8 Å². The molecule has 1 amide bonds. The van der Waals surface area contributed by atoms with Gasteiger partial charge >= 0.3 is 0 Å². The molecule has 1 aliphatic heterocycles. The van der Waals surface area contributed by atoms with Crippen LogP contribution in [0.5, 0.6) is 11.5 Å². The predicted octanol–water partition coefficient (Wildman–Crippen LogP) is 2.76. The summed E-state index contributed by atoms with van der Waals surface area (Å²) in [5.41, 5.74) is 0.800. The van der Waals surface area contributed by atoms with Gasteiger partial charge in [0.05, 0.1) is 26.4 Å². The van der Waals surface area contributed by atoms with E-state index in [-0.39, 0.29) is 29.6 Å². The molecular weight excluding hydrogens is 408 g/mol. The highest BCUT2D eigenvalue weighted by molar-refractivity contribution is 7.89. The van der Waals surface area contributed by atoms with Gasteiger partial charge in [-0.25, -0.2) is 8.42 Å². The molecule has 0 atom stereocenters. The second kappa shape index (κ2) is 9.92. The van der Waals surface area contributed by atoms with Crippen molar-refractivity contribution < 1.29 is 27.4 Å². The zero-order valence-electron chi connectivity index (χ0n) is 17.1. The molecule has 0 unspecified atom stereocenters. The van der Waals surface area contributed by atoms with E-state index in [1.54, 1.807) is 43.3 Å². The number of benzene rings is 2. The van der Waals surface area contributed by atoms with E-state index >= 15 is 0 Å². The zero-order valence-corrected chi connectivity index (χ0v) is 17.9. The monoisotopic (exact) mass is 434 g/mol. The van der Waals surface area contributed by atoms with Crippen LogP contribution < -0.4 is 14.8 Å². The molecule has 0 aromatic heterocycles. The first-order chi connectivity index (χ1) is 14.5. The predicted molar refractivity (Wildman–Crippen MR) is 113 cm³/mol. The molecule has 9 heteroatoms. The van der Waals surface area contributed by atoms with Crippen LogP contribution in [0.2, 0.25) is 0 Å². The number of sulfonamides is 1. The molecule has 8 nitrogen and oxygen atoms in total. The van der Waals surface area contributed by atoms with Gasteiger partial charge in [0.1, 0.15) is 16.4 Å². The summed E-state index contributed by atoms with van der Waals surface area (Å²) in [7, 11) is -3.79. The molecule has 3 rings (SSSR count). The summed E-state index contributed by atoms with van der Waals surface area (Å²) in [4.78, 5) is 12.6. The minimum absolute atomic E-state index is 0.0238. The van der Waals surface area contributed by atoms with E-state index in [1.165, 1.54) is 10.4 Å². The molecule has 0 bridgehead atoms. The lowest BCUT2D eigenvalue weighted by Crippen LogP contribution is -2.40. The number of carbonyl (C=O) groups excluding carboxylic acids is 1. The van der Waals surface area contributed by atoms with Crippen LogP contribution in [-0.2, 0) is 14.8 Å². The van der Waals surface area contributed by atoms with E-state index in [2.05, 4.69) is 5.32 Å². The number of nitrogens with one attached hydrogen (secondary N) is 1. The zero-order chi connectivity index (χ0) is 21.6. The number of hydrogen-bond acceptors (Lipinski definition) is 6. The Balaban J connectivity index is 1.85. The van der Waals surface area contributed by atoms with E-state index in [9.17, 15) is 13.2 Å². The first-order valence-electron chi connectivity index (χ1n) is 9.84. The van der Waals surface area contributed by atoms with Gasteiger partial charge in [-0.1, -0.05) is 0 Å². The lowest BCUT2D eigenvalue weighted by Gasteiger charge is -2.27. The number of rotatable bonds is 8. The lowest BCUT2D eigenvalue weighted by atomic mass is 10.2. The van der Waals surface area contributed by atoms with Gasteiger partial charge in [0.2, 0.25) is 10.0 Å². The average molecular weight is 435 g/mol. The molecule has 0 radical (unpaired) electrons. The Hall–Kier alpha value is -2.62. The summed E-state index contributed by atoms with van der Waals surface area (Å²) >= 11 is 0. The standard InChI is InChI=1S/C21H26N2O6S/c1-3-28-18-8-5-16(6-9-18)21(24)22-17-7-10-19(29-4-2)20(15-17)30(25,26)23-11-13-27-14-12-23/h5-10,15H,3-4,11-14H2,1-2H3,(H,22,24). The van der Waals surface area contributed by atoms with Gasteiger partial charge in [0.25, 0.3) is 5.91 Å². The fraction of sp³-hybridized carbons (Fsp3) is 0.381. The fourth-order valence-corrected chi connectivity index (χ4v) is 4.63. The van der Waals surface area contributed by atoms with Crippen molar-refractivity contribution in [3.8, 4) is 11.5 Å². The normalized spacial score (nSPS) is 14.9. The first kappa shape index (κ1) is 22.1. The van der Waals surface area contributed by atoms with Gasteiger partial charge in [0, 0.05) is 24.3 Å². The summed E-state index contributed by atoms with van der Waals surface area (Å²) < 4.78 is 43.8. The Morgan fingerprint density at radius 2 is 1.70 bits per heavy atom. The number of morpholine rings is 1. The van der Waals surface area contributed by atoms with Gasteiger partial charge < -0.3 is 19.5 Å². The largest absolute Gasteiger partial charge is 0.494 e. The van der Waals surface area contributed by atoms with Crippen LogP contribution >= 0.6 is 0 Å². The number of amides is 1. The number of nitrogens with zero attached hydrogens (tertiary/aromatic N) is 1. The Morgan fingerprint density at radius 3 is 2.33 bits per heavy atom. The Bertz CT molecular complexity index is 969. The maximum Gasteiger partial charge on any atom is 0.255 e. The minimum atomic E-state index is -3.79. The Morgan fingerprint density at radius 1 is 1.03 bits per heavy atom. The molecule has 1 saturated heterocycles. The number of carbonyl (C=O) groups is 1. The van der Waals surface area contributed by atoms with E-state index in [4.69, 9.17) is 14.2 Å². The topological polar surface area (TPSA) is 94.2 Å². The SMILES string of the molecule is CCOc1ccc(C(=O)Nc2ccc(OCC)c(S(=O)(=O)N3CCOCC3)c2)cc1. The third kappa shape index (κ3) is 5.10. The molecule has 0 saturated carbocycles. The lowest BCUT2D eigenvalue weighted by molar-refractivity contribution is 0.0729. The highest BCUT2D eigenvalue weighted by atomic mass is 32.2. The summed E-state index contributed by atoms with van der Waals surface area (Å²) in [6.07, 6.45) is 0. The second-order valence-corrected chi connectivity index (χ2v) is 8.43. The van der Waals surface area contributed by atoms with Gasteiger partial charge in [0.15, 0.2) is 0 Å². The van der Waals surface area contributed by atoms with E-state index < -0.39 is 10.0 Å². The summed E-state index contributed by atoms with van der Waals surface area (Å²) in [6.45, 7) is 5.77. The van der Waals surface area contributed by atoms with Crippen molar-refractivity contribution in [3.63, 3.8) is 0 Å². The molecule has 0 aliphatic carbocycles. The average Bonchev–Trinajstić information content (AvgIpc) is 2.76. The molecular formula is C21H26N2O6S. The first-order valence-corrected chi connectivity index (χ1v) is 11.3. The van der Waals surface area contributed by atoms with Crippen molar-refractivity contribution in [1.82, 2.24) is 4.31 Å². The molecule has 0 spiro atoms. The van der Waals surface area contributed by atoms with Crippen LogP contribution in [0.15, 0.2) is 47.4 Å². The smallest absolute Gasteiger partial charge is 0.255 e.